The van der Waals surface area contributed by atoms with Crippen LogP contribution in [-0.2, 0) is 10.1 Å². The molecule has 0 unspecified atom stereocenters. The molecule has 1 aromatic rings. The first-order valence-corrected chi connectivity index (χ1v) is 5.73. The lowest BCUT2D eigenvalue weighted by molar-refractivity contribution is 0.00842. The standard InChI is InChI=1S/C10H10BrClO/c11-4-8-2-1-7(3-10(8)12)9-5-13-6-9/h1-3,9H,4-6H2. The Kier molecular flexibility index (Phi) is 2.92. The number of hydrogen-bond donors (Lipinski definition) is 0. The van der Waals surface area contributed by atoms with Gasteiger partial charge in [0, 0.05) is 16.3 Å². The van der Waals surface area contributed by atoms with E-state index >= 15 is 0 Å². The molecule has 0 bridgehead atoms. The zero-order chi connectivity index (χ0) is 9.26. The maximum atomic E-state index is 6.08. The van der Waals surface area contributed by atoms with Gasteiger partial charge in [0.15, 0.2) is 0 Å². The van der Waals surface area contributed by atoms with Crippen LogP contribution in [0, 0.1) is 0 Å². The van der Waals surface area contributed by atoms with E-state index in [0.717, 1.165) is 29.1 Å². The molecule has 0 atom stereocenters. The number of benzene rings is 1. The summed E-state index contributed by atoms with van der Waals surface area (Å²) in [7, 11) is 0. The topological polar surface area (TPSA) is 9.23 Å². The lowest BCUT2D eigenvalue weighted by Crippen LogP contribution is -2.24. The predicted octanol–water partition coefficient (Wildman–Crippen LogP) is 3.35. The molecule has 0 aromatic heterocycles. The molecule has 0 aliphatic carbocycles. The van der Waals surface area contributed by atoms with Crippen LogP contribution >= 0.6 is 27.5 Å². The van der Waals surface area contributed by atoms with E-state index in [4.69, 9.17) is 16.3 Å². The van der Waals surface area contributed by atoms with Gasteiger partial charge in [-0.1, -0.05) is 39.7 Å². The molecule has 1 nitrogen and oxygen atoms in total. The van der Waals surface area contributed by atoms with Crippen LogP contribution < -0.4 is 0 Å². The van der Waals surface area contributed by atoms with Gasteiger partial charge in [-0.3, -0.25) is 0 Å². The van der Waals surface area contributed by atoms with Crippen LogP contribution in [0.2, 0.25) is 5.02 Å². The molecule has 0 saturated carbocycles. The molecule has 70 valence electrons. The van der Waals surface area contributed by atoms with Crippen LogP contribution in [0.15, 0.2) is 18.2 Å². The van der Waals surface area contributed by atoms with E-state index in [0.29, 0.717) is 5.92 Å². The lowest BCUT2D eigenvalue weighted by atomic mass is 9.97. The Hall–Kier alpha value is -0.0500. The molecule has 0 radical (unpaired) electrons. The maximum Gasteiger partial charge on any atom is 0.0557 e. The largest absolute Gasteiger partial charge is 0.380 e. The Morgan fingerprint density at radius 2 is 2.23 bits per heavy atom. The van der Waals surface area contributed by atoms with E-state index in [-0.39, 0.29) is 0 Å². The predicted molar refractivity (Wildman–Crippen MR) is 57.6 cm³/mol. The molecule has 1 aromatic carbocycles. The van der Waals surface area contributed by atoms with Crippen molar-refractivity contribution in [1.82, 2.24) is 0 Å². The average Bonchev–Trinajstić information content (AvgIpc) is 2.01. The fourth-order valence-electron chi connectivity index (χ4n) is 1.35. The molecule has 2 rings (SSSR count). The second-order valence-corrected chi connectivity index (χ2v) is 4.19. The Morgan fingerprint density at radius 1 is 1.46 bits per heavy atom. The van der Waals surface area contributed by atoms with Gasteiger partial charge in [0.25, 0.3) is 0 Å². The van der Waals surface area contributed by atoms with Crippen molar-refractivity contribution in [3.05, 3.63) is 34.3 Å². The van der Waals surface area contributed by atoms with E-state index in [1.807, 2.05) is 6.07 Å². The van der Waals surface area contributed by atoms with Crippen molar-refractivity contribution >= 4 is 27.5 Å². The molecule has 1 aliphatic rings. The average molecular weight is 262 g/mol. The number of alkyl halides is 1. The summed E-state index contributed by atoms with van der Waals surface area (Å²) in [4.78, 5) is 0. The highest BCUT2D eigenvalue weighted by Crippen LogP contribution is 2.28. The molecule has 1 fully saturated rings. The minimum absolute atomic E-state index is 0.557. The molecule has 0 N–H and O–H groups in total. The molecule has 1 aliphatic heterocycles. The van der Waals surface area contributed by atoms with Crippen LogP contribution in [-0.4, -0.2) is 13.2 Å². The Bertz CT molecular complexity index is 310. The Labute approximate surface area is 91.2 Å². The van der Waals surface area contributed by atoms with Crippen LogP contribution in [0.25, 0.3) is 0 Å². The molecule has 1 heterocycles. The summed E-state index contributed by atoms with van der Waals surface area (Å²) in [5.41, 5.74) is 2.44. The van der Waals surface area contributed by atoms with Gasteiger partial charge in [-0.15, -0.1) is 0 Å². The molecular weight excluding hydrogens is 251 g/mol. The van der Waals surface area contributed by atoms with E-state index in [2.05, 4.69) is 28.1 Å². The quantitative estimate of drug-likeness (QED) is 0.742. The van der Waals surface area contributed by atoms with Crippen LogP contribution in [0.5, 0.6) is 0 Å². The highest BCUT2D eigenvalue weighted by Gasteiger charge is 2.20. The smallest absolute Gasteiger partial charge is 0.0557 e. The van der Waals surface area contributed by atoms with Crippen LogP contribution in [0.1, 0.15) is 17.0 Å². The number of rotatable bonds is 2. The normalized spacial score (nSPS) is 17.1. The summed E-state index contributed by atoms with van der Waals surface area (Å²) in [6.07, 6.45) is 0. The van der Waals surface area contributed by atoms with Gasteiger partial charge in [-0.25, -0.2) is 0 Å². The van der Waals surface area contributed by atoms with E-state index in [1.54, 1.807) is 0 Å². The molecule has 3 heteroatoms. The second kappa shape index (κ2) is 3.99. The van der Waals surface area contributed by atoms with Gasteiger partial charge in [-0.2, -0.15) is 0 Å². The third kappa shape index (κ3) is 1.90. The van der Waals surface area contributed by atoms with Crippen molar-refractivity contribution in [2.24, 2.45) is 0 Å². The highest BCUT2D eigenvalue weighted by atomic mass is 79.9. The van der Waals surface area contributed by atoms with Gasteiger partial charge < -0.3 is 4.74 Å². The van der Waals surface area contributed by atoms with Gasteiger partial charge in [0.2, 0.25) is 0 Å². The minimum Gasteiger partial charge on any atom is -0.380 e. The fourth-order valence-corrected chi connectivity index (χ4v) is 2.26. The first-order valence-electron chi connectivity index (χ1n) is 4.23. The van der Waals surface area contributed by atoms with Gasteiger partial charge >= 0.3 is 0 Å². The van der Waals surface area contributed by atoms with Crippen molar-refractivity contribution in [3.63, 3.8) is 0 Å². The Morgan fingerprint density at radius 3 is 2.69 bits per heavy atom. The van der Waals surface area contributed by atoms with Crippen molar-refractivity contribution in [3.8, 4) is 0 Å². The molecule has 0 spiro atoms. The summed E-state index contributed by atoms with van der Waals surface area (Å²) < 4.78 is 5.13. The maximum absolute atomic E-state index is 6.08. The summed E-state index contributed by atoms with van der Waals surface area (Å²) >= 11 is 9.48. The first-order chi connectivity index (χ1) is 6.31. The minimum atomic E-state index is 0.557. The lowest BCUT2D eigenvalue weighted by Gasteiger charge is -2.26. The van der Waals surface area contributed by atoms with Crippen molar-refractivity contribution in [2.75, 3.05) is 13.2 Å². The number of ether oxygens (including phenoxy) is 1. The number of halogens is 2. The first kappa shape index (κ1) is 9.50. The third-order valence-electron chi connectivity index (χ3n) is 2.33. The van der Waals surface area contributed by atoms with Crippen molar-refractivity contribution in [1.29, 1.82) is 0 Å². The van der Waals surface area contributed by atoms with Crippen molar-refractivity contribution in [2.45, 2.75) is 11.2 Å². The summed E-state index contributed by atoms with van der Waals surface area (Å²) in [5, 5.41) is 1.66. The summed E-state index contributed by atoms with van der Waals surface area (Å²) in [6.45, 7) is 1.67. The van der Waals surface area contributed by atoms with E-state index in [1.165, 1.54) is 5.56 Å². The molecule has 1 saturated heterocycles. The van der Waals surface area contributed by atoms with Gasteiger partial charge in [-0.05, 0) is 17.2 Å². The van der Waals surface area contributed by atoms with Crippen LogP contribution in [0.4, 0.5) is 0 Å². The van der Waals surface area contributed by atoms with Crippen LogP contribution in [0.3, 0.4) is 0 Å². The SMILES string of the molecule is Clc1cc(C2COC2)ccc1CBr. The fraction of sp³-hybridized carbons (Fsp3) is 0.400. The summed E-state index contributed by atoms with van der Waals surface area (Å²) in [5.74, 6) is 0.557. The van der Waals surface area contributed by atoms with Crippen molar-refractivity contribution < 1.29 is 4.74 Å². The van der Waals surface area contributed by atoms with E-state index < -0.39 is 0 Å². The zero-order valence-corrected chi connectivity index (χ0v) is 9.44. The molecule has 0 amide bonds. The molecular formula is C10H10BrClO. The monoisotopic (exact) mass is 260 g/mol. The Balaban J connectivity index is 2.24. The van der Waals surface area contributed by atoms with Gasteiger partial charge in [0.1, 0.15) is 0 Å². The second-order valence-electron chi connectivity index (χ2n) is 3.22. The highest BCUT2D eigenvalue weighted by molar-refractivity contribution is 9.08. The summed E-state index contributed by atoms with van der Waals surface area (Å²) in [6, 6.07) is 6.26. The number of hydrogen-bond acceptors (Lipinski definition) is 1. The van der Waals surface area contributed by atoms with E-state index in [9.17, 15) is 0 Å². The third-order valence-corrected chi connectivity index (χ3v) is 3.29. The zero-order valence-electron chi connectivity index (χ0n) is 7.09. The van der Waals surface area contributed by atoms with Gasteiger partial charge in [0.05, 0.1) is 13.2 Å². The molecule has 13 heavy (non-hydrogen) atoms.